The van der Waals surface area contributed by atoms with E-state index in [1.54, 1.807) is 0 Å². The van der Waals surface area contributed by atoms with Gasteiger partial charge >= 0.3 is 0 Å². The summed E-state index contributed by atoms with van der Waals surface area (Å²) in [6.07, 6.45) is -2.33. The van der Waals surface area contributed by atoms with Gasteiger partial charge in [-0.15, -0.1) is 12.1 Å². The summed E-state index contributed by atoms with van der Waals surface area (Å²) in [6, 6.07) is 34.8. The molecule has 0 aliphatic carbocycles. The van der Waals surface area contributed by atoms with E-state index in [0.29, 0.717) is 0 Å². The van der Waals surface area contributed by atoms with Crippen molar-refractivity contribution in [3.63, 3.8) is 0 Å². The Morgan fingerprint density at radius 2 is 0.667 bits per heavy atom. The van der Waals surface area contributed by atoms with E-state index in [1.807, 2.05) is 0 Å². The largest absolute Gasteiger partial charge is 0.368 e. The first-order valence-corrected chi connectivity index (χ1v) is 18.7. The molecule has 8 heteroatoms. The fourth-order valence-corrected chi connectivity index (χ4v) is 11.8. The molecule has 272 valence electrons. The maximum atomic E-state index is 7.61. The van der Waals surface area contributed by atoms with Gasteiger partial charge in [0.1, 0.15) is 12.6 Å². The summed E-state index contributed by atoms with van der Waals surface area (Å²) in [5.41, 5.74) is 5.15. The summed E-state index contributed by atoms with van der Waals surface area (Å²) in [5.74, 6) is 0. The van der Waals surface area contributed by atoms with Crippen LogP contribution in [0.1, 0.15) is 77.6 Å². The zero-order chi connectivity index (χ0) is 35.2. The van der Waals surface area contributed by atoms with Gasteiger partial charge in [0.25, 0.3) is 0 Å². The molecular formula is C40H58O4P2Pd2. The van der Waals surface area contributed by atoms with Crippen LogP contribution >= 0.6 is 15.8 Å². The summed E-state index contributed by atoms with van der Waals surface area (Å²) >= 11 is 0. The molecule has 0 aliphatic heterocycles. The Balaban J connectivity index is 0. The summed E-state index contributed by atoms with van der Waals surface area (Å²) < 4.78 is 0. The summed E-state index contributed by atoms with van der Waals surface area (Å²) in [7, 11) is -1.68. The average molecular weight is 878 g/mol. The SMILES string of the molecule is CC(O)O.CC(O)O.[CH2-]c1ccccc1[PH+](c1ccccc1C)C(C)(C)C.[CH2-]c1ccccc1[PH+](c1ccccc1C)C(C)(C)C.[Pd].[Pd]. The van der Waals surface area contributed by atoms with Crippen LogP contribution in [0, 0.1) is 27.7 Å². The Morgan fingerprint density at radius 3 is 0.875 bits per heavy atom. The van der Waals surface area contributed by atoms with Crippen LogP contribution in [0.15, 0.2) is 97.1 Å². The van der Waals surface area contributed by atoms with E-state index >= 15 is 0 Å². The Bertz CT molecular complexity index is 1260. The third-order valence-electron chi connectivity index (χ3n) is 6.90. The number of hydrogen-bond donors (Lipinski definition) is 4. The molecule has 4 aromatic carbocycles. The Labute approximate surface area is 321 Å². The van der Waals surface area contributed by atoms with Crippen molar-refractivity contribution in [1.82, 2.24) is 0 Å². The molecule has 0 aliphatic rings. The smallest absolute Gasteiger partial charge is 0.148 e. The van der Waals surface area contributed by atoms with E-state index in [9.17, 15) is 0 Å². The second-order valence-corrected chi connectivity index (χ2v) is 20.1. The number of aliphatic hydroxyl groups excluding tert-OH is 2. The molecular weight excluding hydrogens is 819 g/mol. The third kappa shape index (κ3) is 17.0. The number of aryl methyl sites for hydroxylation is 2. The maximum absolute atomic E-state index is 7.61. The van der Waals surface area contributed by atoms with E-state index in [2.05, 4.69) is 166 Å². The van der Waals surface area contributed by atoms with Crippen molar-refractivity contribution in [3.8, 4) is 0 Å². The van der Waals surface area contributed by atoms with Crippen LogP contribution in [0.2, 0.25) is 0 Å². The number of rotatable bonds is 4. The molecule has 4 rings (SSSR count). The number of aliphatic hydroxyl groups is 4. The molecule has 0 bridgehead atoms. The van der Waals surface area contributed by atoms with Crippen LogP contribution in [-0.4, -0.2) is 43.3 Å². The fourth-order valence-electron chi connectivity index (χ4n) is 5.14. The third-order valence-corrected chi connectivity index (χ3v) is 14.2. The monoisotopic (exact) mass is 876 g/mol. The summed E-state index contributed by atoms with van der Waals surface area (Å²) in [5, 5.41) is 36.9. The van der Waals surface area contributed by atoms with E-state index < -0.39 is 28.4 Å². The first kappa shape index (κ1) is 48.8. The van der Waals surface area contributed by atoms with Gasteiger partial charge in [-0.2, -0.15) is 37.1 Å². The normalized spacial score (nSPS) is 12.0. The van der Waals surface area contributed by atoms with E-state index in [-0.39, 0.29) is 51.2 Å². The molecule has 0 amide bonds. The Kier molecular flexibility index (Phi) is 23.5. The zero-order valence-corrected chi connectivity index (χ0v) is 35.3. The molecule has 2 atom stereocenters. The zero-order valence-electron chi connectivity index (χ0n) is 30.2. The van der Waals surface area contributed by atoms with E-state index in [0.717, 1.165) is 0 Å². The van der Waals surface area contributed by atoms with Crippen molar-refractivity contribution in [1.29, 1.82) is 0 Å². The average Bonchev–Trinajstić information content (AvgIpc) is 2.92. The topological polar surface area (TPSA) is 80.9 Å². The molecule has 2 unspecified atom stereocenters. The second kappa shape index (κ2) is 23.2. The van der Waals surface area contributed by atoms with Gasteiger partial charge in [0.05, 0.1) is 20.9 Å². The molecule has 0 spiro atoms. The van der Waals surface area contributed by atoms with Crippen molar-refractivity contribution < 1.29 is 61.3 Å². The minimum atomic E-state index is -1.17. The van der Waals surface area contributed by atoms with Gasteiger partial charge < -0.3 is 20.4 Å². The summed E-state index contributed by atoms with van der Waals surface area (Å²) in [4.78, 5) is 0. The van der Waals surface area contributed by atoms with Gasteiger partial charge in [0.2, 0.25) is 0 Å². The van der Waals surface area contributed by atoms with Gasteiger partial charge in [-0.25, -0.2) is 0 Å². The predicted octanol–water partition coefficient (Wildman–Crippen LogP) is 6.91. The van der Waals surface area contributed by atoms with Crippen molar-refractivity contribution >= 4 is 37.1 Å². The summed E-state index contributed by atoms with van der Waals surface area (Å²) in [6.45, 7) is 29.6. The first-order valence-electron chi connectivity index (χ1n) is 15.7. The Hall–Kier alpha value is -1.36. The molecule has 4 nitrogen and oxygen atoms in total. The standard InChI is InChI=1S/2C18H22P.2C2H6O2.2Pd/c2*1-14-10-6-8-12-16(14)19(18(3,4)5)17-13-9-7-11-15(17)2;2*1-2(3)4;;/h2*6-13H,1H2,2-5H3;2*2-4H,1H3;;/q2*-1;;;;/p+2. The van der Waals surface area contributed by atoms with E-state index in [1.165, 1.54) is 57.3 Å². The molecule has 0 heterocycles. The minimum Gasteiger partial charge on any atom is -0.368 e. The van der Waals surface area contributed by atoms with Gasteiger partial charge in [0.15, 0.2) is 0 Å². The number of benzene rings is 4. The molecule has 0 saturated carbocycles. The molecule has 0 saturated heterocycles. The van der Waals surface area contributed by atoms with Gasteiger partial charge in [-0.05, 0) is 92.5 Å². The van der Waals surface area contributed by atoms with Crippen molar-refractivity contribution in [2.75, 3.05) is 0 Å². The predicted molar refractivity (Wildman–Crippen MR) is 207 cm³/mol. The van der Waals surface area contributed by atoms with Crippen molar-refractivity contribution in [2.24, 2.45) is 0 Å². The van der Waals surface area contributed by atoms with Crippen LogP contribution in [-0.2, 0) is 40.8 Å². The van der Waals surface area contributed by atoms with E-state index in [4.69, 9.17) is 20.4 Å². The van der Waals surface area contributed by atoms with Crippen molar-refractivity contribution in [2.45, 2.75) is 92.1 Å². The molecule has 0 radical (unpaired) electrons. The van der Waals surface area contributed by atoms with Gasteiger partial charge in [0, 0.05) is 67.3 Å². The van der Waals surface area contributed by atoms with Crippen LogP contribution in [0.3, 0.4) is 0 Å². The van der Waals surface area contributed by atoms with Crippen LogP contribution < -0.4 is 21.2 Å². The second-order valence-electron chi connectivity index (χ2n) is 13.5. The Morgan fingerprint density at radius 1 is 0.458 bits per heavy atom. The molecule has 4 N–H and O–H groups in total. The molecule has 0 fully saturated rings. The molecule has 4 aromatic rings. The first-order chi connectivity index (χ1) is 21.3. The quantitative estimate of drug-likeness (QED) is 0.0779. The van der Waals surface area contributed by atoms with Crippen molar-refractivity contribution in [3.05, 3.63) is 133 Å². The van der Waals surface area contributed by atoms with Gasteiger partial charge in [-0.3, -0.25) is 0 Å². The number of hydrogen-bond acceptors (Lipinski definition) is 4. The minimum absolute atomic E-state index is 0. The van der Waals surface area contributed by atoms with Gasteiger partial charge in [-0.1, -0.05) is 60.7 Å². The van der Waals surface area contributed by atoms with Crippen LogP contribution in [0.25, 0.3) is 0 Å². The molecule has 48 heavy (non-hydrogen) atoms. The molecule has 0 aromatic heterocycles. The van der Waals surface area contributed by atoms with Crippen LogP contribution in [0.4, 0.5) is 0 Å². The van der Waals surface area contributed by atoms with Crippen LogP contribution in [0.5, 0.6) is 0 Å². The maximum Gasteiger partial charge on any atom is 0.148 e. The fraction of sp³-hybridized carbons (Fsp3) is 0.350.